The van der Waals surface area contributed by atoms with E-state index in [4.69, 9.17) is 23.2 Å². The molecule has 4 rings (SSSR count). The molecule has 1 unspecified atom stereocenters. The number of nitrogens with zero attached hydrogens (tertiary/aromatic N) is 1. The standard InChI is InChI=1S/C27H27Cl2FN2O3/c1-3-21(16-6-4-8-18(28)12-16)27(22-11-10-19(29)14-23(22)31-26(27)35)25(32(2)15-24(33)34)17-7-5-9-20(30)13-17/h4-5,7-14,16,21,25H,3,6,15H2,1-2H3,(H,31,35)(H,33,34)/t16?,21-,25+,27+/m0/s1. The van der Waals surface area contributed by atoms with Crippen LogP contribution >= 0.6 is 23.2 Å². The fourth-order valence-electron chi connectivity index (χ4n) is 5.93. The van der Waals surface area contributed by atoms with Gasteiger partial charge >= 0.3 is 5.97 Å². The van der Waals surface area contributed by atoms with Gasteiger partial charge in [-0.15, -0.1) is 0 Å². The topological polar surface area (TPSA) is 69.6 Å². The molecule has 1 heterocycles. The maximum Gasteiger partial charge on any atom is 0.317 e. The third kappa shape index (κ3) is 4.63. The lowest BCUT2D eigenvalue weighted by atomic mass is 9.58. The second kappa shape index (κ2) is 10.1. The molecule has 1 aliphatic carbocycles. The van der Waals surface area contributed by atoms with E-state index in [2.05, 4.69) is 5.32 Å². The molecule has 0 saturated carbocycles. The van der Waals surface area contributed by atoms with Gasteiger partial charge in [0.05, 0.1) is 18.0 Å². The summed E-state index contributed by atoms with van der Waals surface area (Å²) in [5.74, 6) is -2.16. The summed E-state index contributed by atoms with van der Waals surface area (Å²) in [6.45, 7) is 1.67. The number of amides is 1. The Morgan fingerprint density at radius 3 is 2.71 bits per heavy atom. The summed E-state index contributed by atoms with van der Waals surface area (Å²) >= 11 is 12.7. The Morgan fingerprint density at radius 2 is 2.06 bits per heavy atom. The molecule has 0 spiro atoms. The number of carbonyl (C=O) groups excluding carboxylic acids is 1. The van der Waals surface area contributed by atoms with Gasteiger partial charge < -0.3 is 10.4 Å². The fraction of sp³-hybridized carbons (Fsp3) is 0.333. The van der Waals surface area contributed by atoms with Gasteiger partial charge in [-0.05, 0) is 66.8 Å². The van der Waals surface area contributed by atoms with Crippen molar-refractivity contribution in [2.75, 3.05) is 18.9 Å². The number of carboxylic acids is 1. The van der Waals surface area contributed by atoms with Crippen molar-refractivity contribution in [1.29, 1.82) is 0 Å². The number of halogens is 3. The number of hydrogen-bond donors (Lipinski definition) is 2. The summed E-state index contributed by atoms with van der Waals surface area (Å²) in [6, 6.07) is 10.5. The highest BCUT2D eigenvalue weighted by Crippen LogP contribution is 2.57. The van der Waals surface area contributed by atoms with E-state index in [1.165, 1.54) is 12.1 Å². The van der Waals surface area contributed by atoms with Crippen molar-refractivity contribution < 1.29 is 19.1 Å². The predicted octanol–water partition coefficient (Wildman–Crippen LogP) is 6.15. The third-order valence-corrected chi connectivity index (χ3v) is 7.56. The van der Waals surface area contributed by atoms with Gasteiger partial charge in [-0.1, -0.05) is 66.9 Å². The Hall–Kier alpha value is -2.67. The predicted molar refractivity (Wildman–Crippen MR) is 136 cm³/mol. The van der Waals surface area contributed by atoms with Crippen LogP contribution in [0.5, 0.6) is 0 Å². The van der Waals surface area contributed by atoms with Crippen LogP contribution in [0.4, 0.5) is 10.1 Å². The molecule has 4 atom stereocenters. The lowest BCUT2D eigenvalue weighted by Crippen LogP contribution is -2.54. The third-order valence-electron chi connectivity index (χ3n) is 7.07. The molecule has 0 fully saturated rings. The van der Waals surface area contributed by atoms with Crippen molar-refractivity contribution in [3.8, 4) is 0 Å². The average molecular weight is 517 g/mol. The maximum atomic E-state index is 14.5. The first-order valence-corrected chi connectivity index (χ1v) is 12.3. The first-order chi connectivity index (χ1) is 16.7. The number of carboxylic acid groups (broad SMARTS) is 1. The summed E-state index contributed by atoms with van der Waals surface area (Å²) in [6.07, 6.45) is 7.04. The molecule has 5 nitrogen and oxygen atoms in total. The number of carbonyl (C=O) groups is 2. The van der Waals surface area contributed by atoms with Crippen molar-refractivity contribution in [2.45, 2.75) is 31.2 Å². The first kappa shape index (κ1) is 25.4. The number of hydrogen-bond acceptors (Lipinski definition) is 3. The van der Waals surface area contributed by atoms with Crippen LogP contribution in [0.25, 0.3) is 0 Å². The molecule has 0 radical (unpaired) electrons. The molecule has 2 aromatic carbocycles. The highest BCUT2D eigenvalue weighted by atomic mass is 35.5. The van der Waals surface area contributed by atoms with Crippen LogP contribution < -0.4 is 5.32 Å². The second-order valence-corrected chi connectivity index (χ2v) is 10.0. The minimum atomic E-state index is -1.24. The van der Waals surface area contributed by atoms with Gasteiger partial charge in [0.25, 0.3) is 0 Å². The molecule has 1 aliphatic heterocycles. The number of likely N-dealkylation sites (N-methyl/N-ethyl adjacent to an activating group) is 1. The van der Waals surface area contributed by atoms with Crippen molar-refractivity contribution in [1.82, 2.24) is 4.90 Å². The van der Waals surface area contributed by atoms with E-state index >= 15 is 0 Å². The zero-order valence-corrected chi connectivity index (χ0v) is 21.0. The van der Waals surface area contributed by atoms with Gasteiger partial charge in [-0.25, -0.2) is 4.39 Å². The molecule has 2 N–H and O–H groups in total. The second-order valence-electron chi connectivity index (χ2n) is 9.15. The van der Waals surface area contributed by atoms with Crippen LogP contribution in [-0.4, -0.2) is 35.5 Å². The number of benzene rings is 2. The molecule has 2 aliphatic rings. The average Bonchev–Trinajstić information content (AvgIpc) is 3.05. The van der Waals surface area contributed by atoms with Gasteiger partial charge in [0.2, 0.25) is 5.91 Å². The Balaban J connectivity index is 2.04. The van der Waals surface area contributed by atoms with Crippen LogP contribution in [0.2, 0.25) is 5.02 Å². The SMILES string of the molecule is CC[C@@H](C1C=C(Cl)C=CC1)[C@@]1([C@@H](c2cccc(F)c2)N(C)CC(=O)O)C(=O)Nc2cc(Cl)ccc21. The van der Waals surface area contributed by atoms with E-state index < -0.39 is 23.2 Å². The summed E-state index contributed by atoms with van der Waals surface area (Å²) in [4.78, 5) is 27.6. The molecule has 0 bridgehead atoms. The molecular weight excluding hydrogens is 490 g/mol. The first-order valence-electron chi connectivity index (χ1n) is 11.5. The van der Waals surface area contributed by atoms with E-state index in [9.17, 15) is 19.1 Å². The zero-order valence-electron chi connectivity index (χ0n) is 19.5. The Bertz CT molecular complexity index is 1210. The van der Waals surface area contributed by atoms with Crippen LogP contribution in [0.15, 0.2) is 65.7 Å². The summed E-state index contributed by atoms with van der Waals surface area (Å²) in [7, 11) is 1.66. The summed E-state index contributed by atoms with van der Waals surface area (Å²) in [5, 5.41) is 13.7. The Labute approximate surface area is 214 Å². The van der Waals surface area contributed by atoms with Gasteiger partial charge in [0.1, 0.15) is 5.82 Å². The van der Waals surface area contributed by atoms with Crippen LogP contribution in [0, 0.1) is 17.7 Å². The van der Waals surface area contributed by atoms with E-state index in [-0.39, 0.29) is 24.3 Å². The normalized spacial score (nSPS) is 23.0. The van der Waals surface area contributed by atoms with Gasteiger partial charge in [0, 0.05) is 15.7 Å². The monoisotopic (exact) mass is 516 g/mol. The summed E-state index contributed by atoms with van der Waals surface area (Å²) in [5.41, 5.74) is 0.569. The molecule has 2 aromatic rings. The van der Waals surface area contributed by atoms with Crippen molar-refractivity contribution in [3.05, 3.63) is 87.7 Å². The highest BCUT2D eigenvalue weighted by molar-refractivity contribution is 6.31. The number of allylic oxidation sites excluding steroid dienone is 4. The van der Waals surface area contributed by atoms with Gasteiger partial charge in [-0.3, -0.25) is 14.5 Å². The minimum Gasteiger partial charge on any atom is -0.480 e. The van der Waals surface area contributed by atoms with Crippen LogP contribution in [0.1, 0.15) is 36.9 Å². The lowest BCUT2D eigenvalue weighted by molar-refractivity contribution is -0.140. The Morgan fingerprint density at radius 1 is 1.29 bits per heavy atom. The number of nitrogens with one attached hydrogen (secondary N) is 1. The van der Waals surface area contributed by atoms with Crippen molar-refractivity contribution in [3.63, 3.8) is 0 Å². The molecule has 1 amide bonds. The van der Waals surface area contributed by atoms with Crippen LogP contribution in [0.3, 0.4) is 0 Å². The molecule has 8 heteroatoms. The summed E-state index contributed by atoms with van der Waals surface area (Å²) < 4.78 is 14.5. The largest absolute Gasteiger partial charge is 0.480 e. The molecule has 35 heavy (non-hydrogen) atoms. The number of rotatable bonds is 8. The van der Waals surface area contributed by atoms with E-state index in [0.29, 0.717) is 39.7 Å². The zero-order chi connectivity index (χ0) is 25.3. The van der Waals surface area contributed by atoms with Crippen molar-refractivity contribution >= 4 is 40.8 Å². The van der Waals surface area contributed by atoms with Crippen molar-refractivity contribution in [2.24, 2.45) is 11.8 Å². The van der Waals surface area contributed by atoms with Gasteiger partial charge in [-0.2, -0.15) is 0 Å². The smallest absolute Gasteiger partial charge is 0.317 e. The quantitative estimate of drug-likeness (QED) is 0.441. The van der Waals surface area contributed by atoms with E-state index in [0.717, 1.165) is 0 Å². The Kier molecular flexibility index (Phi) is 7.36. The van der Waals surface area contributed by atoms with E-state index in [1.807, 2.05) is 31.2 Å². The molecule has 0 aromatic heterocycles. The number of fused-ring (bicyclic) bond motifs is 1. The highest BCUT2D eigenvalue weighted by Gasteiger charge is 2.59. The maximum absolute atomic E-state index is 14.5. The molecule has 0 saturated heterocycles. The number of anilines is 1. The molecule has 184 valence electrons. The van der Waals surface area contributed by atoms with E-state index in [1.54, 1.807) is 36.2 Å². The van der Waals surface area contributed by atoms with Crippen LogP contribution in [-0.2, 0) is 15.0 Å². The number of aliphatic carboxylic acids is 1. The van der Waals surface area contributed by atoms with Gasteiger partial charge in [0.15, 0.2) is 0 Å². The lowest BCUT2D eigenvalue weighted by Gasteiger charge is -2.48. The fourth-order valence-corrected chi connectivity index (χ4v) is 6.35. The minimum absolute atomic E-state index is 0.0980. The molecular formula is C27H27Cl2FN2O3.